The van der Waals surface area contributed by atoms with E-state index in [0.717, 1.165) is 6.29 Å². The van der Waals surface area contributed by atoms with E-state index in [0.29, 0.717) is 6.29 Å². The Hall–Kier alpha value is -1.32. The molecule has 3 unspecified atom stereocenters. The predicted octanol–water partition coefficient (Wildman–Crippen LogP) is 1.21. The first kappa shape index (κ1) is 14.7. The van der Waals surface area contributed by atoms with Crippen molar-refractivity contribution in [3.63, 3.8) is 0 Å². The van der Waals surface area contributed by atoms with Gasteiger partial charge in [-0.3, -0.25) is 9.59 Å². The predicted molar refractivity (Wildman–Crippen MR) is 58.9 cm³/mol. The molecular weight excluding hydrogens is 208 g/mol. The van der Waals surface area contributed by atoms with Crippen LogP contribution in [-0.4, -0.2) is 24.1 Å². The molecule has 0 fully saturated rings. The van der Waals surface area contributed by atoms with Crippen LogP contribution in [0.4, 0.5) is 0 Å². The lowest BCUT2D eigenvalue weighted by molar-refractivity contribution is -0.140. The summed E-state index contributed by atoms with van der Waals surface area (Å²) in [6.45, 7) is 4.93. The number of hydrogen-bond acceptors (Lipinski definition) is 4. The highest BCUT2D eigenvalue weighted by atomic mass is 16.2. The van der Waals surface area contributed by atoms with Crippen molar-refractivity contribution in [3.05, 3.63) is 0 Å². The average molecular weight is 226 g/mol. The van der Waals surface area contributed by atoms with Gasteiger partial charge in [0.1, 0.15) is 12.6 Å². The zero-order valence-electron chi connectivity index (χ0n) is 9.93. The maximum atomic E-state index is 11.6. The molecule has 0 saturated carbocycles. The Bertz CT molecular complexity index is 283. The first-order valence-corrected chi connectivity index (χ1v) is 5.40. The van der Waals surface area contributed by atoms with E-state index in [-0.39, 0.29) is 18.8 Å². The summed E-state index contributed by atoms with van der Waals surface area (Å²) in [5, 5.41) is 0. The molecule has 16 heavy (non-hydrogen) atoms. The minimum absolute atomic E-state index is 0.0769. The van der Waals surface area contributed by atoms with Gasteiger partial charge in [0.05, 0.1) is 0 Å². The molecule has 0 amide bonds. The summed E-state index contributed by atoms with van der Waals surface area (Å²) in [5.74, 6) is -2.15. The highest BCUT2D eigenvalue weighted by Crippen LogP contribution is 2.14. The molecule has 4 heteroatoms. The van der Waals surface area contributed by atoms with E-state index >= 15 is 0 Å². The lowest BCUT2D eigenvalue weighted by atomic mass is 9.88. The number of carbonyl (C=O) groups is 4. The molecule has 90 valence electrons. The van der Waals surface area contributed by atoms with Crippen LogP contribution in [0.3, 0.4) is 0 Å². The molecule has 0 saturated heterocycles. The number of carbonyl (C=O) groups excluding carboxylic acids is 4. The lowest BCUT2D eigenvalue weighted by Crippen LogP contribution is -2.28. The third kappa shape index (κ3) is 4.47. The van der Waals surface area contributed by atoms with Crippen LogP contribution >= 0.6 is 0 Å². The molecule has 0 aliphatic heterocycles. The van der Waals surface area contributed by atoms with Crippen LogP contribution < -0.4 is 0 Å². The molecule has 0 aromatic heterocycles. The summed E-state index contributed by atoms with van der Waals surface area (Å²) in [5.41, 5.74) is 0. The second-order valence-electron chi connectivity index (χ2n) is 4.28. The zero-order chi connectivity index (χ0) is 12.7. The van der Waals surface area contributed by atoms with Gasteiger partial charge in [0.25, 0.3) is 0 Å². The van der Waals surface area contributed by atoms with Gasteiger partial charge in [-0.1, -0.05) is 20.8 Å². The second-order valence-corrected chi connectivity index (χ2v) is 4.28. The zero-order valence-corrected chi connectivity index (χ0v) is 9.93. The van der Waals surface area contributed by atoms with Gasteiger partial charge in [0.2, 0.25) is 5.78 Å². The van der Waals surface area contributed by atoms with Crippen LogP contribution in [0.2, 0.25) is 0 Å². The van der Waals surface area contributed by atoms with Gasteiger partial charge < -0.3 is 9.59 Å². The van der Waals surface area contributed by atoms with Gasteiger partial charge in [-0.2, -0.15) is 0 Å². The maximum absolute atomic E-state index is 11.6. The summed E-state index contributed by atoms with van der Waals surface area (Å²) < 4.78 is 0. The van der Waals surface area contributed by atoms with Crippen LogP contribution in [-0.2, 0) is 19.2 Å². The number of Topliss-reactive ketones (excluding diaryl/α,β-unsaturated/α-hetero) is 2. The quantitative estimate of drug-likeness (QED) is 0.461. The Labute approximate surface area is 95.4 Å². The molecule has 0 aliphatic rings. The number of aldehydes is 2. The molecule has 0 spiro atoms. The Balaban J connectivity index is 4.33. The molecule has 0 radical (unpaired) electrons. The van der Waals surface area contributed by atoms with E-state index < -0.39 is 23.4 Å². The number of rotatable bonds is 8. The van der Waals surface area contributed by atoms with Gasteiger partial charge in [-0.15, -0.1) is 0 Å². The topological polar surface area (TPSA) is 68.3 Å². The van der Waals surface area contributed by atoms with Crippen molar-refractivity contribution in [1.29, 1.82) is 0 Å². The van der Waals surface area contributed by atoms with Crippen LogP contribution in [0.15, 0.2) is 0 Å². The largest absolute Gasteiger partial charge is 0.303 e. The summed E-state index contributed by atoms with van der Waals surface area (Å²) in [6.07, 6.45) is 1.76. The van der Waals surface area contributed by atoms with Gasteiger partial charge in [0, 0.05) is 24.7 Å². The van der Waals surface area contributed by atoms with Crippen molar-refractivity contribution in [3.8, 4) is 0 Å². The van der Waals surface area contributed by atoms with Crippen molar-refractivity contribution in [2.75, 3.05) is 0 Å². The van der Waals surface area contributed by atoms with Crippen LogP contribution in [0, 0.1) is 17.8 Å². The summed E-state index contributed by atoms with van der Waals surface area (Å²) in [6, 6.07) is 0. The second kappa shape index (κ2) is 7.04. The molecule has 0 aromatic carbocycles. The molecule has 4 nitrogen and oxygen atoms in total. The fourth-order valence-electron chi connectivity index (χ4n) is 1.28. The van der Waals surface area contributed by atoms with Crippen molar-refractivity contribution in [1.82, 2.24) is 0 Å². The minimum Gasteiger partial charge on any atom is -0.303 e. The monoisotopic (exact) mass is 226 g/mol. The molecule has 0 aromatic rings. The van der Waals surface area contributed by atoms with E-state index in [9.17, 15) is 19.2 Å². The minimum atomic E-state index is -0.576. The van der Waals surface area contributed by atoms with Crippen molar-refractivity contribution >= 4 is 24.1 Å². The van der Waals surface area contributed by atoms with E-state index in [1.165, 1.54) is 0 Å². The molecule has 0 N–H and O–H groups in total. The van der Waals surface area contributed by atoms with Crippen LogP contribution in [0.5, 0.6) is 0 Å². The Morgan fingerprint density at radius 1 is 1.12 bits per heavy atom. The molecule has 0 heterocycles. The fourth-order valence-corrected chi connectivity index (χ4v) is 1.28. The summed E-state index contributed by atoms with van der Waals surface area (Å²) >= 11 is 0. The standard InChI is InChI=1S/C12H18O4/c1-8(4-5-13)6-11(15)12(16)10(3)9(2)7-14/h5,7-10H,4,6H2,1-3H3. The van der Waals surface area contributed by atoms with Gasteiger partial charge in [0.15, 0.2) is 5.78 Å². The van der Waals surface area contributed by atoms with Crippen LogP contribution in [0.1, 0.15) is 33.6 Å². The van der Waals surface area contributed by atoms with E-state index in [2.05, 4.69) is 0 Å². The summed E-state index contributed by atoms with van der Waals surface area (Å²) in [7, 11) is 0. The highest BCUT2D eigenvalue weighted by Gasteiger charge is 2.26. The van der Waals surface area contributed by atoms with Gasteiger partial charge >= 0.3 is 0 Å². The van der Waals surface area contributed by atoms with Gasteiger partial charge in [-0.25, -0.2) is 0 Å². The molecule has 0 rings (SSSR count). The SMILES string of the molecule is CC(CC=O)CC(=O)C(=O)C(C)C(C)C=O. The summed E-state index contributed by atoms with van der Waals surface area (Å²) in [4.78, 5) is 43.8. The number of ketones is 2. The van der Waals surface area contributed by atoms with Crippen molar-refractivity contribution in [2.24, 2.45) is 17.8 Å². The molecule has 3 atom stereocenters. The highest BCUT2D eigenvalue weighted by molar-refractivity contribution is 6.38. The number of hydrogen-bond donors (Lipinski definition) is 0. The molecule has 0 aliphatic carbocycles. The van der Waals surface area contributed by atoms with Gasteiger partial charge in [-0.05, 0) is 5.92 Å². The first-order chi connectivity index (χ1) is 7.43. The normalized spacial score (nSPS) is 15.9. The smallest absolute Gasteiger partial charge is 0.201 e. The molecule has 0 bridgehead atoms. The fraction of sp³-hybridized carbons (Fsp3) is 0.667. The maximum Gasteiger partial charge on any atom is 0.201 e. The Morgan fingerprint density at radius 3 is 2.12 bits per heavy atom. The van der Waals surface area contributed by atoms with E-state index in [1.54, 1.807) is 20.8 Å². The third-order valence-corrected chi connectivity index (χ3v) is 2.72. The third-order valence-electron chi connectivity index (χ3n) is 2.72. The Kier molecular flexibility index (Phi) is 6.46. The van der Waals surface area contributed by atoms with Crippen LogP contribution in [0.25, 0.3) is 0 Å². The molecular formula is C12H18O4. The average Bonchev–Trinajstić information content (AvgIpc) is 2.26. The van der Waals surface area contributed by atoms with E-state index in [1.807, 2.05) is 0 Å². The lowest BCUT2D eigenvalue weighted by Gasteiger charge is -2.13. The first-order valence-electron chi connectivity index (χ1n) is 5.40. The van der Waals surface area contributed by atoms with Crippen molar-refractivity contribution in [2.45, 2.75) is 33.6 Å². The Morgan fingerprint density at radius 2 is 1.69 bits per heavy atom. The van der Waals surface area contributed by atoms with Crippen molar-refractivity contribution < 1.29 is 19.2 Å². The van der Waals surface area contributed by atoms with E-state index in [4.69, 9.17) is 0 Å².